The maximum Gasteiger partial charge on any atom is 0.289 e. The van der Waals surface area contributed by atoms with Gasteiger partial charge in [-0.3, -0.25) is 14.8 Å². The van der Waals surface area contributed by atoms with Gasteiger partial charge in [0.1, 0.15) is 0 Å². The van der Waals surface area contributed by atoms with E-state index in [4.69, 9.17) is 0 Å². The second-order valence-electron chi connectivity index (χ2n) is 3.30. The summed E-state index contributed by atoms with van der Waals surface area (Å²) >= 11 is 4.22. The Kier molecular flexibility index (Phi) is 3.83. The van der Waals surface area contributed by atoms with E-state index in [1.807, 2.05) is 0 Å². The molecule has 0 aliphatic carbocycles. The third kappa shape index (κ3) is 3.08. The number of halogens is 1. The second-order valence-corrected chi connectivity index (χ2v) is 7.36. The van der Waals surface area contributed by atoms with Gasteiger partial charge in [0.15, 0.2) is 10.0 Å². The molecule has 1 N–H and O–H groups in total. The van der Waals surface area contributed by atoms with Crippen LogP contribution in [-0.2, 0) is 10.0 Å². The Labute approximate surface area is 120 Å². The summed E-state index contributed by atoms with van der Waals surface area (Å²) in [5, 5.41) is 10.9. The zero-order valence-corrected chi connectivity index (χ0v) is 12.3. The maximum absolute atomic E-state index is 12.1. The Morgan fingerprint density at radius 2 is 2.05 bits per heavy atom. The van der Waals surface area contributed by atoms with Crippen LogP contribution in [0.3, 0.4) is 0 Å². The number of thiazole rings is 1. The molecule has 0 spiro atoms. The Hall–Kier alpha value is -1.52. The number of benzene rings is 1. The van der Waals surface area contributed by atoms with Crippen LogP contribution in [0.2, 0.25) is 0 Å². The van der Waals surface area contributed by atoms with Gasteiger partial charge >= 0.3 is 0 Å². The van der Waals surface area contributed by atoms with Gasteiger partial charge in [0, 0.05) is 6.07 Å². The topological polar surface area (TPSA) is 102 Å². The zero-order valence-electron chi connectivity index (χ0n) is 9.11. The third-order valence-corrected chi connectivity index (χ3v) is 4.96. The minimum absolute atomic E-state index is 0.130. The van der Waals surface area contributed by atoms with Crippen LogP contribution in [0.4, 0.5) is 10.8 Å². The highest BCUT2D eigenvalue weighted by Gasteiger charge is 2.25. The molecule has 10 heteroatoms. The molecular formula is C9H6BrN3O4S2. The molecule has 0 saturated heterocycles. The quantitative estimate of drug-likeness (QED) is 0.664. The largest absolute Gasteiger partial charge is 0.289 e. The Bertz CT molecular complexity index is 729. The maximum atomic E-state index is 12.1. The van der Waals surface area contributed by atoms with Crippen molar-refractivity contribution in [3.8, 4) is 0 Å². The van der Waals surface area contributed by atoms with Crippen molar-refractivity contribution in [2.75, 3.05) is 4.72 Å². The number of nitro groups is 1. The molecule has 19 heavy (non-hydrogen) atoms. The molecule has 2 aromatic rings. The van der Waals surface area contributed by atoms with Gasteiger partial charge in [-0.25, -0.2) is 13.4 Å². The van der Waals surface area contributed by atoms with Gasteiger partial charge in [0.25, 0.3) is 15.7 Å². The normalized spacial score (nSPS) is 11.2. The molecule has 0 radical (unpaired) electrons. The summed E-state index contributed by atoms with van der Waals surface area (Å²) < 4.78 is 27.0. The summed E-state index contributed by atoms with van der Waals surface area (Å²) in [6, 6.07) is 5.12. The fourth-order valence-corrected chi connectivity index (χ4v) is 3.83. The molecule has 0 atom stereocenters. The van der Waals surface area contributed by atoms with Crippen LogP contribution in [-0.4, -0.2) is 18.3 Å². The van der Waals surface area contributed by atoms with Gasteiger partial charge in [0.2, 0.25) is 0 Å². The summed E-state index contributed by atoms with van der Waals surface area (Å²) in [4.78, 5) is 13.5. The molecule has 0 saturated carbocycles. The van der Waals surface area contributed by atoms with Crippen molar-refractivity contribution < 1.29 is 13.3 Å². The first-order valence-corrected chi connectivity index (χ1v) is 7.87. The number of rotatable bonds is 4. The lowest BCUT2D eigenvalue weighted by Gasteiger charge is -2.05. The average Bonchev–Trinajstić information content (AvgIpc) is 2.74. The number of anilines is 1. The van der Waals surface area contributed by atoms with Crippen molar-refractivity contribution in [1.82, 2.24) is 4.98 Å². The van der Waals surface area contributed by atoms with E-state index in [1.165, 1.54) is 24.4 Å². The molecule has 2 rings (SSSR count). The van der Waals surface area contributed by atoms with E-state index in [-0.39, 0.29) is 5.13 Å². The minimum atomic E-state index is -4.04. The summed E-state index contributed by atoms with van der Waals surface area (Å²) in [7, 11) is -4.04. The number of para-hydroxylation sites is 1. The molecule has 0 unspecified atom stereocenters. The van der Waals surface area contributed by atoms with Crippen LogP contribution in [0, 0.1) is 10.1 Å². The molecule has 0 aliphatic rings. The molecule has 0 amide bonds. The van der Waals surface area contributed by atoms with Crippen molar-refractivity contribution in [1.29, 1.82) is 0 Å². The molecule has 100 valence electrons. The number of nitrogens with one attached hydrogen (secondary N) is 1. The number of hydrogen-bond acceptors (Lipinski definition) is 6. The highest BCUT2D eigenvalue weighted by Crippen LogP contribution is 2.28. The van der Waals surface area contributed by atoms with E-state index < -0.39 is 25.5 Å². The van der Waals surface area contributed by atoms with E-state index in [0.29, 0.717) is 3.79 Å². The van der Waals surface area contributed by atoms with Crippen LogP contribution in [0.15, 0.2) is 39.1 Å². The number of sulfonamides is 1. The number of nitro benzene ring substituents is 1. The number of aromatic nitrogens is 1. The molecule has 0 bridgehead atoms. The summed E-state index contributed by atoms with van der Waals surface area (Å²) in [6.07, 6.45) is 1.43. The Balaban J connectivity index is 2.43. The van der Waals surface area contributed by atoms with E-state index in [0.717, 1.165) is 17.4 Å². The smallest absolute Gasteiger partial charge is 0.258 e. The van der Waals surface area contributed by atoms with E-state index in [2.05, 4.69) is 25.6 Å². The molecule has 0 aliphatic heterocycles. The molecule has 0 fully saturated rings. The van der Waals surface area contributed by atoms with E-state index in [1.54, 1.807) is 0 Å². The van der Waals surface area contributed by atoms with Crippen LogP contribution in [0.5, 0.6) is 0 Å². The lowest BCUT2D eigenvalue weighted by Crippen LogP contribution is -2.14. The minimum Gasteiger partial charge on any atom is -0.258 e. The number of nitrogens with zero attached hydrogens (tertiary/aromatic N) is 2. The SMILES string of the molecule is O=[N+]([O-])c1ccccc1S(=O)(=O)Nc1ncc(Br)s1. The van der Waals surface area contributed by atoms with Crippen molar-refractivity contribution in [3.05, 3.63) is 44.4 Å². The first kappa shape index (κ1) is 13.9. The zero-order chi connectivity index (χ0) is 14.0. The Morgan fingerprint density at radius 1 is 1.37 bits per heavy atom. The molecule has 1 aromatic heterocycles. The van der Waals surface area contributed by atoms with Crippen LogP contribution in [0.25, 0.3) is 0 Å². The first-order valence-electron chi connectivity index (χ1n) is 4.78. The predicted molar refractivity (Wildman–Crippen MR) is 73.7 cm³/mol. The fraction of sp³-hybridized carbons (Fsp3) is 0. The van der Waals surface area contributed by atoms with Gasteiger partial charge in [-0.15, -0.1) is 0 Å². The van der Waals surface area contributed by atoms with Crippen molar-refractivity contribution in [2.45, 2.75) is 4.90 Å². The van der Waals surface area contributed by atoms with Crippen LogP contribution >= 0.6 is 27.3 Å². The average molecular weight is 364 g/mol. The molecule has 7 nitrogen and oxygen atoms in total. The van der Waals surface area contributed by atoms with Crippen LogP contribution < -0.4 is 4.72 Å². The van der Waals surface area contributed by atoms with E-state index >= 15 is 0 Å². The summed E-state index contributed by atoms with van der Waals surface area (Å²) in [6.45, 7) is 0. The van der Waals surface area contributed by atoms with Crippen molar-refractivity contribution in [2.24, 2.45) is 0 Å². The van der Waals surface area contributed by atoms with Gasteiger partial charge in [-0.2, -0.15) is 0 Å². The van der Waals surface area contributed by atoms with Gasteiger partial charge in [-0.05, 0) is 22.0 Å². The summed E-state index contributed by atoms with van der Waals surface area (Å²) in [5.41, 5.74) is -0.481. The lowest BCUT2D eigenvalue weighted by molar-refractivity contribution is -0.387. The Morgan fingerprint density at radius 3 is 2.63 bits per heavy atom. The highest BCUT2D eigenvalue weighted by atomic mass is 79.9. The van der Waals surface area contributed by atoms with E-state index in [9.17, 15) is 18.5 Å². The van der Waals surface area contributed by atoms with Gasteiger partial charge in [0.05, 0.1) is 14.9 Å². The predicted octanol–water partition coefficient (Wildman–Crippen LogP) is 2.61. The monoisotopic (exact) mass is 363 g/mol. The standard InChI is InChI=1S/C9H6BrN3O4S2/c10-8-5-11-9(18-8)12-19(16,17)7-4-2-1-3-6(7)13(14)15/h1-5H,(H,11,12). The van der Waals surface area contributed by atoms with Gasteiger partial charge < -0.3 is 0 Å². The lowest BCUT2D eigenvalue weighted by atomic mass is 10.3. The van der Waals surface area contributed by atoms with Crippen molar-refractivity contribution >= 4 is 48.1 Å². The molecule has 1 aromatic carbocycles. The summed E-state index contributed by atoms with van der Waals surface area (Å²) in [5.74, 6) is 0. The number of hydrogen-bond donors (Lipinski definition) is 1. The third-order valence-electron chi connectivity index (χ3n) is 2.05. The second kappa shape index (κ2) is 5.23. The van der Waals surface area contributed by atoms with Crippen LogP contribution in [0.1, 0.15) is 0 Å². The van der Waals surface area contributed by atoms with Crippen molar-refractivity contribution in [3.63, 3.8) is 0 Å². The first-order chi connectivity index (χ1) is 8.90. The van der Waals surface area contributed by atoms with Gasteiger partial charge in [-0.1, -0.05) is 23.5 Å². The molecule has 1 heterocycles. The fourth-order valence-electron chi connectivity index (χ4n) is 1.31. The molecular weight excluding hydrogens is 358 g/mol. The highest BCUT2D eigenvalue weighted by molar-refractivity contribution is 9.11.